The second-order valence-corrected chi connectivity index (χ2v) is 9.62. The van der Waals surface area contributed by atoms with Crippen molar-refractivity contribution < 1.29 is 19.1 Å². The Balaban J connectivity index is 1.64. The molecule has 2 aromatic carbocycles. The van der Waals surface area contributed by atoms with E-state index in [1.165, 1.54) is 11.8 Å². The van der Waals surface area contributed by atoms with E-state index >= 15 is 0 Å². The van der Waals surface area contributed by atoms with Gasteiger partial charge in [-0.2, -0.15) is 0 Å². The molecule has 37 heavy (non-hydrogen) atoms. The van der Waals surface area contributed by atoms with Crippen LogP contribution in [0.15, 0.2) is 66.3 Å². The maximum Gasteiger partial charge on any atom is 0.338 e. The number of carbonyl (C=O) groups is 3. The van der Waals surface area contributed by atoms with E-state index in [9.17, 15) is 14.4 Å². The molecule has 194 valence electrons. The molecule has 1 aromatic heterocycles. The van der Waals surface area contributed by atoms with E-state index in [0.29, 0.717) is 34.3 Å². The van der Waals surface area contributed by atoms with E-state index in [0.717, 1.165) is 5.56 Å². The van der Waals surface area contributed by atoms with E-state index in [4.69, 9.17) is 4.74 Å². The summed E-state index contributed by atoms with van der Waals surface area (Å²) in [4.78, 5) is 37.4. The fourth-order valence-electron chi connectivity index (χ4n) is 3.49. The number of carbonyl (C=O) groups excluding carboxylic acids is 3. The summed E-state index contributed by atoms with van der Waals surface area (Å²) in [6, 6.07) is 13.5. The number of aryl methyl sites for hydroxylation is 1. The molecule has 0 bridgehead atoms. The average molecular weight is 522 g/mol. The fourth-order valence-corrected chi connectivity index (χ4v) is 4.25. The summed E-state index contributed by atoms with van der Waals surface area (Å²) in [5.74, 6) is -0.304. The standard InChI is InChI=1S/C27H31N5O4S/c1-6-13-32-24(19(5)28-25(34)20-10-7-9-18(4)14-20)30-31-27(32)37-16-23(33)29-22-12-8-11-21(15-22)26(35)36-17(2)3/h6-12,14-15,17,19H,1,13,16H2,2-5H3,(H,28,34)(H,29,33)/t19-/m1/s1. The van der Waals surface area contributed by atoms with Crippen LogP contribution in [-0.2, 0) is 16.1 Å². The lowest BCUT2D eigenvalue weighted by Crippen LogP contribution is -2.29. The molecule has 1 heterocycles. The summed E-state index contributed by atoms with van der Waals surface area (Å²) >= 11 is 1.21. The van der Waals surface area contributed by atoms with Crippen LogP contribution in [0.1, 0.15) is 58.9 Å². The molecule has 3 rings (SSSR count). The van der Waals surface area contributed by atoms with Gasteiger partial charge in [-0.1, -0.05) is 41.6 Å². The number of aromatic nitrogens is 3. The van der Waals surface area contributed by atoms with Crippen LogP contribution in [-0.4, -0.2) is 44.4 Å². The van der Waals surface area contributed by atoms with Crippen molar-refractivity contribution in [2.75, 3.05) is 11.1 Å². The first-order valence-corrected chi connectivity index (χ1v) is 12.8. The third-order valence-electron chi connectivity index (χ3n) is 5.13. The Hall–Kier alpha value is -3.92. The molecule has 0 aliphatic heterocycles. The molecular weight excluding hydrogens is 490 g/mol. The predicted molar refractivity (Wildman–Crippen MR) is 144 cm³/mol. The Kier molecular flexibility index (Phi) is 9.62. The second kappa shape index (κ2) is 12.9. The first-order chi connectivity index (χ1) is 17.7. The third-order valence-corrected chi connectivity index (χ3v) is 6.10. The van der Waals surface area contributed by atoms with E-state index in [1.54, 1.807) is 50.3 Å². The summed E-state index contributed by atoms with van der Waals surface area (Å²) in [7, 11) is 0. The fraction of sp³-hybridized carbons (Fsp3) is 0.296. The van der Waals surface area contributed by atoms with Gasteiger partial charge in [0.25, 0.3) is 5.91 Å². The molecule has 0 aliphatic carbocycles. The van der Waals surface area contributed by atoms with Crippen LogP contribution in [0.4, 0.5) is 5.69 Å². The molecule has 0 aliphatic rings. The van der Waals surface area contributed by atoms with Crippen LogP contribution in [0, 0.1) is 6.92 Å². The van der Waals surface area contributed by atoms with Crippen LogP contribution >= 0.6 is 11.8 Å². The van der Waals surface area contributed by atoms with Gasteiger partial charge in [-0.15, -0.1) is 16.8 Å². The van der Waals surface area contributed by atoms with E-state index < -0.39 is 12.0 Å². The maximum absolute atomic E-state index is 12.7. The normalized spacial score (nSPS) is 11.6. The highest BCUT2D eigenvalue weighted by molar-refractivity contribution is 7.99. The molecule has 3 aromatic rings. The van der Waals surface area contributed by atoms with Gasteiger partial charge >= 0.3 is 5.97 Å². The Labute approximate surface area is 220 Å². The zero-order chi connectivity index (χ0) is 26.9. The molecule has 0 radical (unpaired) electrons. The van der Waals surface area contributed by atoms with Gasteiger partial charge in [-0.05, 0) is 58.0 Å². The van der Waals surface area contributed by atoms with Crippen molar-refractivity contribution in [3.8, 4) is 0 Å². The number of amides is 2. The van der Waals surface area contributed by atoms with Crippen molar-refractivity contribution in [2.45, 2.75) is 51.5 Å². The Morgan fingerprint density at radius 1 is 1.08 bits per heavy atom. The molecule has 0 unspecified atom stereocenters. The SMILES string of the molecule is C=CCn1c(SCC(=O)Nc2cccc(C(=O)OC(C)C)c2)nnc1[C@@H](C)NC(=O)c1cccc(C)c1. The highest BCUT2D eigenvalue weighted by atomic mass is 32.2. The summed E-state index contributed by atoms with van der Waals surface area (Å²) in [5.41, 5.74) is 2.41. The van der Waals surface area contributed by atoms with Crippen LogP contribution in [0.25, 0.3) is 0 Å². The number of ether oxygens (including phenoxy) is 1. The van der Waals surface area contributed by atoms with Crippen LogP contribution < -0.4 is 10.6 Å². The number of esters is 1. The van der Waals surface area contributed by atoms with Gasteiger partial charge in [0.1, 0.15) is 0 Å². The third kappa shape index (κ3) is 7.78. The largest absolute Gasteiger partial charge is 0.459 e. The van der Waals surface area contributed by atoms with Crippen molar-refractivity contribution >= 4 is 35.2 Å². The number of hydrogen-bond donors (Lipinski definition) is 2. The lowest BCUT2D eigenvalue weighted by atomic mass is 10.1. The number of thioether (sulfide) groups is 1. The number of nitrogens with zero attached hydrogens (tertiary/aromatic N) is 3. The van der Waals surface area contributed by atoms with Crippen LogP contribution in [0.3, 0.4) is 0 Å². The van der Waals surface area contributed by atoms with E-state index in [2.05, 4.69) is 27.4 Å². The highest BCUT2D eigenvalue weighted by Crippen LogP contribution is 2.22. The molecule has 0 spiro atoms. The first-order valence-electron chi connectivity index (χ1n) is 11.8. The van der Waals surface area contributed by atoms with Crippen molar-refractivity contribution in [3.63, 3.8) is 0 Å². The molecule has 10 heteroatoms. The molecule has 9 nitrogen and oxygen atoms in total. The number of benzene rings is 2. The maximum atomic E-state index is 12.7. The average Bonchev–Trinajstić information content (AvgIpc) is 3.25. The lowest BCUT2D eigenvalue weighted by Gasteiger charge is -2.15. The van der Waals surface area contributed by atoms with Crippen LogP contribution in [0.5, 0.6) is 0 Å². The molecule has 0 saturated carbocycles. The number of rotatable bonds is 11. The molecule has 2 amide bonds. The van der Waals surface area contributed by atoms with Gasteiger partial charge in [0.15, 0.2) is 11.0 Å². The molecular formula is C27H31N5O4S. The summed E-state index contributed by atoms with van der Waals surface area (Å²) in [6.07, 6.45) is 1.46. The topological polar surface area (TPSA) is 115 Å². The quantitative estimate of drug-likeness (QED) is 0.216. The number of allylic oxidation sites excluding steroid dienone is 1. The second-order valence-electron chi connectivity index (χ2n) is 8.68. The number of hydrogen-bond acceptors (Lipinski definition) is 7. The molecule has 1 atom stereocenters. The van der Waals surface area contributed by atoms with Gasteiger partial charge in [-0.3, -0.25) is 9.59 Å². The summed E-state index contributed by atoms with van der Waals surface area (Å²) in [6.45, 7) is 11.5. The molecule has 0 saturated heterocycles. The number of nitrogens with one attached hydrogen (secondary N) is 2. The highest BCUT2D eigenvalue weighted by Gasteiger charge is 2.21. The molecule has 0 fully saturated rings. The minimum absolute atomic E-state index is 0.0694. The zero-order valence-corrected chi connectivity index (χ0v) is 22.2. The zero-order valence-electron chi connectivity index (χ0n) is 21.4. The molecule has 2 N–H and O–H groups in total. The minimum Gasteiger partial charge on any atom is -0.459 e. The van der Waals surface area contributed by atoms with Gasteiger partial charge in [-0.25, -0.2) is 4.79 Å². The van der Waals surface area contributed by atoms with Crippen molar-refractivity contribution in [1.82, 2.24) is 20.1 Å². The van der Waals surface area contributed by atoms with Gasteiger partial charge < -0.3 is 19.9 Å². The van der Waals surface area contributed by atoms with Gasteiger partial charge in [0.05, 0.1) is 23.5 Å². The van der Waals surface area contributed by atoms with Gasteiger partial charge in [0, 0.05) is 17.8 Å². The van der Waals surface area contributed by atoms with Gasteiger partial charge in [0.2, 0.25) is 5.91 Å². The Morgan fingerprint density at radius 2 is 1.81 bits per heavy atom. The predicted octanol–water partition coefficient (Wildman–Crippen LogP) is 4.56. The smallest absolute Gasteiger partial charge is 0.338 e. The lowest BCUT2D eigenvalue weighted by molar-refractivity contribution is -0.113. The summed E-state index contributed by atoms with van der Waals surface area (Å²) in [5, 5.41) is 14.8. The number of anilines is 1. The van der Waals surface area contributed by atoms with Crippen molar-refractivity contribution in [3.05, 3.63) is 83.7 Å². The first kappa shape index (κ1) is 27.7. The van der Waals surface area contributed by atoms with E-state index in [-0.39, 0.29) is 23.7 Å². The minimum atomic E-state index is -0.450. The Morgan fingerprint density at radius 3 is 2.51 bits per heavy atom. The van der Waals surface area contributed by atoms with Crippen molar-refractivity contribution in [2.24, 2.45) is 0 Å². The summed E-state index contributed by atoms with van der Waals surface area (Å²) < 4.78 is 7.02. The van der Waals surface area contributed by atoms with Crippen LogP contribution in [0.2, 0.25) is 0 Å². The van der Waals surface area contributed by atoms with E-state index in [1.807, 2.05) is 36.6 Å². The monoisotopic (exact) mass is 521 g/mol. The van der Waals surface area contributed by atoms with Crippen molar-refractivity contribution in [1.29, 1.82) is 0 Å². The Bertz CT molecular complexity index is 1290.